The summed E-state index contributed by atoms with van der Waals surface area (Å²) in [5.41, 5.74) is 9.92. The number of ketones is 1. The van der Waals surface area contributed by atoms with Crippen molar-refractivity contribution in [3.8, 4) is 17.0 Å². The normalized spacial score (nSPS) is 18.9. The molecule has 1 aliphatic heterocycles. The molecule has 1 aliphatic carbocycles. The summed E-state index contributed by atoms with van der Waals surface area (Å²) < 4.78 is 7.84. The molecule has 4 heterocycles. The number of urea groups is 1. The Morgan fingerprint density at radius 2 is 1.83 bits per heavy atom. The van der Waals surface area contributed by atoms with Crippen LogP contribution in [0.1, 0.15) is 60.4 Å². The van der Waals surface area contributed by atoms with E-state index >= 15 is 0 Å². The third-order valence-corrected chi connectivity index (χ3v) is 7.92. The number of hydrogen-bond acceptors (Lipinski definition) is 7. The van der Waals surface area contributed by atoms with Crippen molar-refractivity contribution in [2.24, 2.45) is 0 Å². The molecule has 4 aromatic rings. The number of nitrogens with zero attached hydrogens (tertiary/aromatic N) is 6. The summed E-state index contributed by atoms with van der Waals surface area (Å²) in [6.07, 6.45) is 9.66. The molecule has 10 heteroatoms. The fourth-order valence-electron chi connectivity index (χ4n) is 5.50. The highest BCUT2D eigenvalue weighted by molar-refractivity contribution is 5.98. The Balaban J connectivity index is 1.26. The third kappa shape index (κ3) is 5.46. The number of amides is 2. The average Bonchev–Trinajstić information content (AvgIpc) is 3.69. The third-order valence-electron chi connectivity index (χ3n) is 7.92. The fourth-order valence-corrected chi connectivity index (χ4v) is 5.50. The zero-order chi connectivity index (χ0) is 28.7. The minimum absolute atomic E-state index is 0.00193. The van der Waals surface area contributed by atoms with Gasteiger partial charge in [-0.25, -0.2) is 14.8 Å². The van der Waals surface area contributed by atoms with Gasteiger partial charge in [0.15, 0.2) is 5.78 Å². The molecule has 212 valence electrons. The van der Waals surface area contributed by atoms with Crippen LogP contribution in [-0.2, 0) is 6.42 Å². The van der Waals surface area contributed by atoms with Gasteiger partial charge in [0.2, 0.25) is 0 Å². The topological polar surface area (TPSA) is 119 Å². The summed E-state index contributed by atoms with van der Waals surface area (Å²) in [5, 5.41) is 0. The Bertz CT molecular complexity index is 1590. The zero-order valence-electron chi connectivity index (χ0n) is 23.7. The highest BCUT2D eigenvalue weighted by Gasteiger charge is 2.33. The van der Waals surface area contributed by atoms with Crippen LogP contribution in [0.3, 0.4) is 0 Å². The molecule has 0 radical (unpaired) electrons. The Hall–Kier alpha value is -4.47. The van der Waals surface area contributed by atoms with Crippen molar-refractivity contribution in [3.63, 3.8) is 0 Å². The van der Waals surface area contributed by atoms with Crippen LogP contribution in [0.5, 0.6) is 5.75 Å². The fraction of sp³-hybridized carbons (Fsp3) is 0.387. The summed E-state index contributed by atoms with van der Waals surface area (Å²) in [6.45, 7) is 2.67. The Morgan fingerprint density at radius 3 is 2.56 bits per heavy atom. The summed E-state index contributed by atoms with van der Waals surface area (Å²) in [4.78, 5) is 43.2. The second-order valence-electron chi connectivity index (χ2n) is 11.3. The number of rotatable bonds is 7. The number of anilines is 1. The maximum absolute atomic E-state index is 13.1. The molecule has 2 N–H and O–H groups in total. The Kier molecular flexibility index (Phi) is 7.07. The van der Waals surface area contributed by atoms with Crippen molar-refractivity contribution in [3.05, 3.63) is 72.1 Å². The van der Waals surface area contributed by atoms with E-state index in [4.69, 9.17) is 15.5 Å². The minimum Gasteiger partial charge on any atom is -0.490 e. The largest absolute Gasteiger partial charge is 0.490 e. The Labute approximate surface area is 239 Å². The summed E-state index contributed by atoms with van der Waals surface area (Å²) in [5.74, 6) is 2.02. The summed E-state index contributed by atoms with van der Waals surface area (Å²) in [6, 6.07) is 11.3. The molecule has 2 fully saturated rings. The number of carbonyl (C=O) groups is 2. The SMILES string of the molecule is C[C@H]1CC[C@@H](c2nc(-c3ccc(C(=O)Cc4cc(OC5CC5)ccn4)cc3)c3c(N)nccn23)CN1C(=O)N(C)C. The molecule has 1 saturated carbocycles. The van der Waals surface area contributed by atoms with Crippen LogP contribution in [0.15, 0.2) is 55.0 Å². The maximum atomic E-state index is 13.1. The number of Topliss-reactive ketones (excluding diaryl/α,β-unsaturated/α-hetero) is 1. The van der Waals surface area contributed by atoms with Gasteiger partial charge in [-0.1, -0.05) is 24.3 Å². The first-order valence-corrected chi connectivity index (χ1v) is 14.1. The number of imidazole rings is 1. The Morgan fingerprint density at radius 1 is 1.05 bits per heavy atom. The van der Waals surface area contributed by atoms with Crippen molar-refractivity contribution in [1.29, 1.82) is 0 Å². The van der Waals surface area contributed by atoms with Crippen LogP contribution < -0.4 is 10.5 Å². The van der Waals surface area contributed by atoms with Crippen LogP contribution in [0.4, 0.5) is 10.6 Å². The van der Waals surface area contributed by atoms with Crippen molar-refractivity contribution in [2.45, 2.75) is 57.1 Å². The smallest absolute Gasteiger partial charge is 0.319 e. The molecule has 2 amide bonds. The van der Waals surface area contributed by atoms with Gasteiger partial charge in [0.25, 0.3) is 0 Å². The van der Waals surface area contributed by atoms with Gasteiger partial charge >= 0.3 is 6.03 Å². The van der Waals surface area contributed by atoms with Gasteiger partial charge < -0.3 is 20.3 Å². The molecule has 0 unspecified atom stereocenters. The van der Waals surface area contributed by atoms with Gasteiger partial charge in [0.05, 0.1) is 18.2 Å². The van der Waals surface area contributed by atoms with E-state index in [0.717, 1.165) is 48.3 Å². The van der Waals surface area contributed by atoms with Crippen LogP contribution in [-0.4, -0.2) is 73.8 Å². The van der Waals surface area contributed by atoms with Crippen LogP contribution in [0.2, 0.25) is 0 Å². The van der Waals surface area contributed by atoms with E-state index in [-0.39, 0.29) is 30.2 Å². The van der Waals surface area contributed by atoms with Gasteiger partial charge in [0, 0.05) is 68.4 Å². The van der Waals surface area contributed by atoms with Crippen LogP contribution >= 0.6 is 0 Å². The van der Waals surface area contributed by atoms with Crippen LogP contribution in [0, 0.1) is 0 Å². The number of aromatic nitrogens is 4. The molecule has 41 heavy (non-hydrogen) atoms. The van der Waals surface area contributed by atoms with Crippen molar-refractivity contribution in [2.75, 3.05) is 26.4 Å². The number of pyridine rings is 1. The lowest BCUT2D eigenvalue weighted by molar-refractivity contribution is 0.0991. The lowest BCUT2D eigenvalue weighted by atomic mass is 9.93. The predicted octanol–water partition coefficient (Wildman–Crippen LogP) is 4.59. The van der Waals surface area contributed by atoms with Gasteiger partial charge in [-0.3, -0.25) is 14.2 Å². The first kappa shape index (κ1) is 26.7. The molecular formula is C31H35N7O3. The van der Waals surface area contributed by atoms with E-state index in [1.54, 1.807) is 31.4 Å². The lowest BCUT2D eigenvalue weighted by Gasteiger charge is -2.38. The number of piperidine rings is 1. The summed E-state index contributed by atoms with van der Waals surface area (Å²) in [7, 11) is 3.55. The second-order valence-corrected chi connectivity index (χ2v) is 11.3. The molecule has 2 aliphatic rings. The van der Waals surface area contributed by atoms with E-state index in [1.807, 2.05) is 51.9 Å². The van der Waals surface area contributed by atoms with E-state index < -0.39 is 0 Å². The van der Waals surface area contributed by atoms with Gasteiger partial charge in [-0.2, -0.15) is 0 Å². The van der Waals surface area contributed by atoms with E-state index in [2.05, 4.69) is 16.9 Å². The van der Waals surface area contributed by atoms with Crippen molar-refractivity contribution in [1.82, 2.24) is 29.2 Å². The molecule has 3 aromatic heterocycles. The molecule has 1 aromatic carbocycles. The lowest BCUT2D eigenvalue weighted by Crippen LogP contribution is -2.49. The minimum atomic E-state index is -0.0221. The van der Waals surface area contributed by atoms with Gasteiger partial charge in [-0.05, 0) is 38.7 Å². The highest BCUT2D eigenvalue weighted by atomic mass is 16.5. The molecular weight excluding hydrogens is 518 g/mol. The predicted molar refractivity (Wildman–Crippen MR) is 156 cm³/mol. The van der Waals surface area contributed by atoms with Gasteiger partial charge in [-0.15, -0.1) is 0 Å². The number of ether oxygens (including phenoxy) is 1. The number of fused-ring (bicyclic) bond motifs is 1. The first-order chi connectivity index (χ1) is 19.8. The molecule has 6 rings (SSSR count). The van der Waals surface area contributed by atoms with Crippen molar-refractivity contribution < 1.29 is 14.3 Å². The molecule has 0 spiro atoms. The number of likely N-dealkylation sites (tertiary alicyclic amines) is 1. The molecule has 1 saturated heterocycles. The number of carbonyl (C=O) groups excluding carboxylic acids is 2. The summed E-state index contributed by atoms with van der Waals surface area (Å²) >= 11 is 0. The molecule has 0 bridgehead atoms. The van der Waals surface area contributed by atoms with E-state index in [1.165, 1.54) is 0 Å². The monoisotopic (exact) mass is 553 g/mol. The molecule has 2 atom stereocenters. The highest BCUT2D eigenvalue weighted by Crippen LogP contribution is 2.35. The zero-order valence-corrected chi connectivity index (χ0v) is 23.7. The molecule has 10 nitrogen and oxygen atoms in total. The quantitative estimate of drug-likeness (QED) is 0.333. The van der Waals surface area contributed by atoms with E-state index in [0.29, 0.717) is 35.4 Å². The van der Waals surface area contributed by atoms with E-state index in [9.17, 15) is 9.59 Å². The average molecular weight is 554 g/mol. The first-order valence-electron chi connectivity index (χ1n) is 14.1. The number of nitrogen functional groups attached to an aromatic ring is 1. The second kappa shape index (κ2) is 10.8. The van der Waals surface area contributed by atoms with Crippen LogP contribution in [0.25, 0.3) is 16.8 Å². The van der Waals surface area contributed by atoms with Crippen molar-refractivity contribution >= 4 is 23.1 Å². The standard InChI is InChI=1S/C31H35N7O3/c1-19-4-5-22(18-38(19)31(40)36(2)3)30-35-27(28-29(32)34-14-15-37(28)30)21-8-6-20(7-9-21)26(39)17-23-16-25(12-13-33-23)41-24-10-11-24/h6-9,12-16,19,22,24H,4-5,10-11,17-18H2,1-3H3,(H2,32,34)/t19-,22+/m0/s1. The van der Waals surface area contributed by atoms with Gasteiger partial charge in [0.1, 0.15) is 28.6 Å². The number of nitrogens with two attached hydrogens (primary N) is 1. The number of hydrogen-bond donors (Lipinski definition) is 1. The maximum Gasteiger partial charge on any atom is 0.319 e. The number of benzene rings is 1.